The fraction of sp³-hybridized carbons (Fsp3) is 0. The van der Waals surface area contributed by atoms with Gasteiger partial charge in [0, 0.05) is 23.5 Å². The number of fused-ring (bicyclic) bond motifs is 1. The molecular weight excluding hydrogens is 320 g/mol. The number of carbonyl (C=O) groups excluding carboxylic acids is 1. The molecule has 0 aliphatic heterocycles. The van der Waals surface area contributed by atoms with Gasteiger partial charge in [-0.3, -0.25) is 15.1 Å². The van der Waals surface area contributed by atoms with Gasteiger partial charge in [0.25, 0.3) is 5.91 Å². The molecule has 2 aromatic carbocycles. The Kier molecular flexibility index (Phi) is 3.72. The van der Waals surface area contributed by atoms with Gasteiger partial charge in [-0.25, -0.2) is 0 Å². The molecule has 116 valence electrons. The maximum Gasteiger partial charge on any atom is 0.258 e. The second-order valence-electron chi connectivity index (χ2n) is 5.13. The fourth-order valence-corrected chi connectivity index (χ4v) is 3.20. The van der Waals surface area contributed by atoms with Crippen LogP contribution in [0.25, 0.3) is 21.3 Å². The Labute approximate surface area is 142 Å². The number of anilines is 1. The summed E-state index contributed by atoms with van der Waals surface area (Å²) in [7, 11) is 0. The van der Waals surface area contributed by atoms with Crippen LogP contribution in [-0.4, -0.2) is 21.1 Å². The standard InChI is InChI=1S/C18H12N4OS/c23-16(15-9-3-6-12-5-1-2-8-14(12)15)20-18-22-21-17(24-18)13-7-4-10-19-11-13/h1-11H,(H,20,22,23). The fourth-order valence-electron chi connectivity index (χ4n) is 2.47. The highest BCUT2D eigenvalue weighted by Gasteiger charge is 2.13. The number of pyridine rings is 1. The number of hydrogen-bond donors (Lipinski definition) is 1. The van der Waals surface area contributed by atoms with Crippen LogP contribution in [0.4, 0.5) is 5.13 Å². The molecule has 6 heteroatoms. The SMILES string of the molecule is O=C(Nc1nnc(-c2cccnc2)s1)c1cccc2ccccc12. The molecule has 1 N–H and O–H groups in total. The first-order chi connectivity index (χ1) is 11.8. The molecule has 2 aromatic heterocycles. The van der Waals surface area contributed by atoms with Gasteiger partial charge in [0.05, 0.1) is 0 Å². The molecule has 2 heterocycles. The Hall–Kier alpha value is -3.12. The van der Waals surface area contributed by atoms with Gasteiger partial charge in [0.1, 0.15) is 0 Å². The topological polar surface area (TPSA) is 67.8 Å². The van der Waals surface area contributed by atoms with Gasteiger partial charge in [0.15, 0.2) is 5.01 Å². The quantitative estimate of drug-likeness (QED) is 0.615. The molecule has 0 aliphatic carbocycles. The number of nitrogens with zero attached hydrogens (tertiary/aromatic N) is 3. The average Bonchev–Trinajstić information content (AvgIpc) is 3.10. The Morgan fingerprint density at radius 3 is 2.71 bits per heavy atom. The molecule has 0 fully saturated rings. The largest absolute Gasteiger partial charge is 0.296 e. The molecule has 5 nitrogen and oxygen atoms in total. The van der Waals surface area contributed by atoms with E-state index in [0.717, 1.165) is 21.3 Å². The summed E-state index contributed by atoms with van der Waals surface area (Å²) in [5, 5.41) is 14.1. The van der Waals surface area contributed by atoms with E-state index in [2.05, 4.69) is 20.5 Å². The van der Waals surface area contributed by atoms with Gasteiger partial charge < -0.3 is 0 Å². The van der Waals surface area contributed by atoms with Crippen molar-refractivity contribution in [2.24, 2.45) is 0 Å². The van der Waals surface area contributed by atoms with E-state index in [1.165, 1.54) is 11.3 Å². The van der Waals surface area contributed by atoms with E-state index in [4.69, 9.17) is 0 Å². The number of rotatable bonds is 3. The maximum absolute atomic E-state index is 12.6. The first-order valence-electron chi connectivity index (χ1n) is 7.34. The van der Waals surface area contributed by atoms with Crippen LogP contribution < -0.4 is 5.32 Å². The molecule has 0 unspecified atom stereocenters. The number of carbonyl (C=O) groups is 1. The Morgan fingerprint density at radius 2 is 1.83 bits per heavy atom. The summed E-state index contributed by atoms with van der Waals surface area (Å²) in [6.45, 7) is 0. The van der Waals surface area contributed by atoms with Crippen molar-refractivity contribution in [2.45, 2.75) is 0 Å². The first kappa shape index (κ1) is 14.5. The van der Waals surface area contributed by atoms with Crippen molar-refractivity contribution >= 4 is 33.1 Å². The summed E-state index contributed by atoms with van der Waals surface area (Å²) in [4.78, 5) is 16.7. The van der Waals surface area contributed by atoms with E-state index in [0.29, 0.717) is 10.7 Å². The lowest BCUT2D eigenvalue weighted by molar-refractivity contribution is 0.102. The van der Waals surface area contributed by atoms with E-state index in [1.807, 2.05) is 48.5 Å². The summed E-state index contributed by atoms with van der Waals surface area (Å²) in [5.41, 5.74) is 1.49. The van der Waals surface area contributed by atoms with Crippen LogP contribution in [0, 0.1) is 0 Å². The Balaban J connectivity index is 1.61. The molecule has 1 amide bonds. The van der Waals surface area contributed by atoms with Crippen LogP contribution in [-0.2, 0) is 0 Å². The molecule has 0 aliphatic rings. The number of amides is 1. The van der Waals surface area contributed by atoms with Crippen LogP contribution in [0.1, 0.15) is 10.4 Å². The highest BCUT2D eigenvalue weighted by molar-refractivity contribution is 7.18. The predicted molar refractivity (Wildman–Crippen MR) is 95.0 cm³/mol. The van der Waals surface area contributed by atoms with Crippen LogP contribution in [0.2, 0.25) is 0 Å². The minimum atomic E-state index is -0.194. The third-order valence-electron chi connectivity index (χ3n) is 3.59. The first-order valence-corrected chi connectivity index (χ1v) is 8.16. The zero-order valence-corrected chi connectivity index (χ0v) is 13.3. The monoisotopic (exact) mass is 332 g/mol. The van der Waals surface area contributed by atoms with Crippen molar-refractivity contribution in [1.82, 2.24) is 15.2 Å². The lowest BCUT2D eigenvalue weighted by Gasteiger charge is -2.05. The van der Waals surface area contributed by atoms with E-state index in [9.17, 15) is 4.79 Å². The second kappa shape index (κ2) is 6.17. The van der Waals surface area contributed by atoms with Gasteiger partial charge in [-0.2, -0.15) is 0 Å². The van der Waals surface area contributed by atoms with Crippen LogP contribution in [0.5, 0.6) is 0 Å². The summed E-state index contributed by atoms with van der Waals surface area (Å²) in [6.07, 6.45) is 3.42. The summed E-state index contributed by atoms with van der Waals surface area (Å²) in [5.74, 6) is -0.194. The summed E-state index contributed by atoms with van der Waals surface area (Å²) >= 11 is 1.32. The number of aromatic nitrogens is 3. The van der Waals surface area contributed by atoms with Crippen LogP contribution >= 0.6 is 11.3 Å². The van der Waals surface area contributed by atoms with Crippen LogP contribution in [0.3, 0.4) is 0 Å². The Morgan fingerprint density at radius 1 is 0.958 bits per heavy atom. The van der Waals surface area contributed by atoms with Gasteiger partial charge >= 0.3 is 0 Å². The summed E-state index contributed by atoms with van der Waals surface area (Å²) in [6, 6.07) is 17.2. The molecule has 0 saturated heterocycles. The van der Waals surface area contributed by atoms with Crippen molar-refractivity contribution in [3.05, 3.63) is 72.6 Å². The highest BCUT2D eigenvalue weighted by Crippen LogP contribution is 2.26. The lowest BCUT2D eigenvalue weighted by atomic mass is 10.0. The van der Waals surface area contributed by atoms with E-state index >= 15 is 0 Å². The van der Waals surface area contributed by atoms with Crippen molar-refractivity contribution in [3.8, 4) is 10.6 Å². The van der Waals surface area contributed by atoms with Gasteiger partial charge in [-0.15, -0.1) is 10.2 Å². The van der Waals surface area contributed by atoms with Gasteiger partial charge in [0.2, 0.25) is 5.13 Å². The number of hydrogen-bond acceptors (Lipinski definition) is 5. The zero-order valence-electron chi connectivity index (χ0n) is 12.5. The minimum absolute atomic E-state index is 0.194. The molecule has 0 spiro atoms. The third kappa shape index (κ3) is 2.75. The number of nitrogens with one attached hydrogen (secondary N) is 1. The smallest absolute Gasteiger partial charge is 0.258 e. The van der Waals surface area contributed by atoms with E-state index < -0.39 is 0 Å². The zero-order chi connectivity index (χ0) is 16.4. The average molecular weight is 332 g/mol. The molecular formula is C18H12N4OS. The third-order valence-corrected chi connectivity index (χ3v) is 4.48. The van der Waals surface area contributed by atoms with Crippen molar-refractivity contribution in [2.75, 3.05) is 5.32 Å². The molecule has 0 saturated carbocycles. The predicted octanol–water partition coefficient (Wildman–Crippen LogP) is 4.01. The molecule has 0 bridgehead atoms. The van der Waals surface area contributed by atoms with Crippen molar-refractivity contribution in [1.29, 1.82) is 0 Å². The summed E-state index contributed by atoms with van der Waals surface area (Å²) < 4.78 is 0. The van der Waals surface area contributed by atoms with E-state index in [-0.39, 0.29) is 5.91 Å². The maximum atomic E-state index is 12.6. The molecule has 0 atom stereocenters. The van der Waals surface area contributed by atoms with Crippen molar-refractivity contribution < 1.29 is 4.79 Å². The molecule has 4 rings (SSSR count). The van der Waals surface area contributed by atoms with E-state index in [1.54, 1.807) is 18.5 Å². The molecule has 24 heavy (non-hydrogen) atoms. The minimum Gasteiger partial charge on any atom is -0.296 e. The van der Waals surface area contributed by atoms with Gasteiger partial charge in [-0.1, -0.05) is 47.7 Å². The molecule has 0 radical (unpaired) electrons. The van der Waals surface area contributed by atoms with Gasteiger partial charge in [-0.05, 0) is 29.0 Å². The second-order valence-corrected chi connectivity index (χ2v) is 6.11. The highest BCUT2D eigenvalue weighted by atomic mass is 32.1. The Bertz CT molecular complexity index is 1010. The number of benzene rings is 2. The lowest BCUT2D eigenvalue weighted by Crippen LogP contribution is -2.12. The normalized spacial score (nSPS) is 10.7. The van der Waals surface area contributed by atoms with Crippen LogP contribution in [0.15, 0.2) is 67.0 Å². The van der Waals surface area contributed by atoms with Crippen molar-refractivity contribution in [3.63, 3.8) is 0 Å². The molecule has 4 aromatic rings.